The number of ether oxygens (including phenoxy) is 1. The highest BCUT2D eigenvalue weighted by Crippen LogP contribution is 2.25. The predicted octanol–water partition coefficient (Wildman–Crippen LogP) is 1.79. The molecule has 0 unspecified atom stereocenters. The minimum atomic E-state index is -0.453. The van der Waals surface area contributed by atoms with E-state index in [0.717, 1.165) is 4.70 Å². The van der Waals surface area contributed by atoms with Gasteiger partial charge < -0.3 is 9.84 Å². The first-order chi connectivity index (χ1) is 6.70. The van der Waals surface area contributed by atoms with E-state index in [9.17, 15) is 9.90 Å². The van der Waals surface area contributed by atoms with Crippen molar-refractivity contribution in [2.45, 2.75) is 0 Å². The van der Waals surface area contributed by atoms with Gasteiger partial charge in [0.05, 0.1) is 17.3 Å². The lowest BCUT2D eigenvalue weighted by molar-refractivity contribution is 0.0600. The van der Waals surface area contributed by atoms with E-state index in [2.05, 4.69) is 9.72 Å². The van der Waals surface area contributed by atoms with Gasteiger partial charge in [-0.15, -0.1) is 11.3 Å². The first-order valence-corrected chi connectivity index (χ1v) is 4.70. The minimum Gasteiger partial charge on any atom is -0.508 e. The van der Waals surface area contributed by atoms with E-state index in [1.807, 2.05) is 0 Å². The van der Waals surface area contributed by atoms with Crippen LogP contribution in [-0.4, -0.2) is 23.2 Å². The molecule has 0 radical (unpaired) electrons. The molecule has 0 spiro atoms. The molecule has 14 heavy (non-hydrogen) atoms. The number of methoxy groups -OCH3 is 1. The fourth-order valence-corrected chi connectivity index (χ4v) is 2.00. The molecule has 0 fully saturated rings. The molecule has 0 atom stereocenters. The number of thiazole rings is 1. The summed E-state index contributed by atoms with van der Waals surface area (Å²) in [6, 6.07) is 4.76. The maximum absolute atomic E-state index is 11.1. The van der Waals surface area contributed by atoms with Gasteiger partial charge in [-0.2, -0.15) is 0 Å². The van der Waals surface area contributed by atoms with Crippen molar-refractivity contribution in [2.24, 2.45) is 0 Å². The van der Waals surface area contributed by atoms with Crippen molar-refractivity contribution < 1.29 is 14.6 Å². The second-order valence-electron chi connectivity index (χ2n) is 2.66. The Balaban J connectivity index is 2.56. The standard InChI is InChI=1S/C9H7NO3S/c1-13-9(12)8-10-6-3-2-5(11)4-7(6)14-8/h2-4,11H,1H3. The number of nitrogens with zero attached hydrogens (tertiary/aromatic N) is 1. The Morgan fingerprint density at radius 1 is 1.57 bits per heavy atom. The molecular weight excluding hydrogens is 202 g/mol. The number of phenols is 1. The zero-order chi connectivity index (χ0) is 10.1. The SMILES string of the molecule is COC(=O)c1nc2ccc(O)cc2s1. The van der Waals surface area contributed by atoms with Crippen molar-refractivity contribution in [3.8, 4) is 5.75 Å². The van der Waals surface area contributed by atoms with Crippen LogP contribution in [0.2, 0.25) is 0 Å². The summed E-state index contributed by atoms with van der Waals surface area (Å²) in [5.41, 5.74) is 0.688. The number of carbonyl (C=O) groups excluding carboxylic acids is 1. The van der Waals surface area contributed by atoms with Gasteiger partial charge in [0.2, 0.25) is 5.01 Å². The number of aromatic hydroxyl groups is 1. The monoisotopic (exact) mass is 209 g/mol. The lowest BCUT2D eigenvalue weighted by Crippen LogP contribution is -1.99. The lowest BCUT2D eigenvalue weighted by Gasteiger charge is -1.89. The van der Waals surface area contributed by atoms with Gasteiger partial charge in [-0.25, -0.2) is 9.78 Å². The Hall–Kier alpha value is -1.62. The maximum Gasteiger partial charge on any atom is 0.367 e. The zero-order valence-corrected chi connectivity index (χ0v) is 8.17. The molecule has 2 rings (SSSR count). The van der Waals surface area contributed by atoms with Crippen LogP contribution in [-0.2, 0) is 4.74 Å². The third-order valence-corrected chi connectivity index (χ3v) is 2.73. The second-order valence-corrected chi connectivity index (χ2v) is 3.69. The molecule has 1 aromatic heterocycles. The van der Waals surface area contributed by atoms with Gasteiger partial charge in [-0.3, -0.25) is 0 Å². The summed E-state index contributed by atoms with van der Waals surface area (Å²) < 4.78 is 5.31. The summed E-state index contributed by atoms with van der Waals surface area (Å²) in [5, 5.41) is 9.50. The van der Waals surface area contributed by atoms with Gasteiger partial charge >= 0.3 is 5.97 Å². The van der Waals surface area contributed by atoms with Crippen molar-refractivity contribution >= 4 is 27.5 Å². The molecule has 5 heteroatoms. The Kier molecular flexibility index (Phi) is 2.09. The number of hydrogen-bond acceptors (Lipinski definition) is 5. The summed E-state index contributed by atoms with van der Waals surface area (Å²) in [6.07, 6.45) is 0. The Bertz CT molecular complexity index is 492. The van der Waals surface area contributed by atoms with Crippen molar-refractivity contribution in [3.63, 3.8) is 0 Å². The van der Waals surface area contributed by atoms with Gasteiger partial charge in [0.15, 0.2) is 0 Å². The summed E-state index contributed by atoms with van der Waals surface area (Å²) in [4.78, 5) is 15.2. The topological polar surface area (TPSA) is 59.4 Å². The summed E-state index contributed by atoms with van der Waals surface area (Å²) in [5.74, 6) is -0.289. The molecular formula is C9H7NO3S. The minimum absolute atomic E-state index is 0.164. The fraction of sp³-hybridized carbons (Fsp3) is 0.111. The highest BCUT2D eigenvalue weighted by atomic mass is 32.1. The molecule has 0 aliphatic rings. The van der Waals surface area contributed by atoms with E-state index in [-0.39, 0.29) is 5.75 Å². The van der Waals surface area contributed by atoms with Crippen LogP contribution in [0.4, 0.5) is 0 Å². The smallest absolute Gasteiger partial charge is 0.367 e. The number of aromatic nitrogens is 1. The van der Waals surface area contributed by atoms with Crippen molar-refractivity contribution in [1.82, 2.24) is 4.98 Å². The van der Waals surface area contributed by atoms with Gasteiger partial charge in [0, 0.05) is 0 Å². The molecule has 72 valence electrons. The third-order valence-electron chi connectivity index (χ3n) is 1.73. The second kappa shape index (κ2) is 3.26. The summed E-state index contributed by atoms with van der Waals surface area (Å²) >= 11 is 1.20. The van der Waals surface area contributed by atoms with Gasteiger partial charge in [0.1, 0.15) is 5.75 Å². The number of esters is 1. The molecule has 0 aliphatic carbocycles. The van der Waals surface area contributed by atoms with Crippen LogP contribution in [0.3, 0.4) is 0 Å². The van der Waals surface area contributed by atoms with Crippen LogP contribution in [0, 0.1) is 0 Å². The molecule has 0 saturated heterocycles. The highest BCUT2D eigenvalue weighted by Gasteiger charge is 2.12. The van der Waals surface area contributed by atoms with E-state index in [4.69, 9.17) is 0 Å². The summed E-state index contributed by atoms with van der Waals surface area (Å²) in [7, 11) is 1.31. The highest BCUT2D eigenvalue weighted by molar-refractivity contribution is 7.20. The number of carbonyl (C=O) groups is 1. The number of hydrogen-bond donors (Lipinski definition) is 1. The van der Waals surface area contributed by atoms with Crippen LogP contribution in [0.15, 0.2) is 18.2 Å². The number of fused-ring (bicyclic) bond motifs is 1. The first kappa shape index (κ1) is 8.96. The Labute approximate surface area is 83.8 Å². The molecule has 0 saturated carbocycles. The van der Waals surface area contributed by atoms with E-state index < -0.39 is 5.97 Å². The van der Waals surface area contributed by atoms with Crippen LogP contribution >= 0.6 is 11.3 Å². The zero-order valence-electron chi connectivity index (χ0n) is 7.35. The lowest BCUT2D eigenvalue weighted by atomic mass is 10.3. The van der Waals surface area contributed by atoms with Crippen LogP contribution in [0.1, 0.15) is 9.80 Å². The molecule has 1 heterocycles. The number of benzene rings is 1. The predicted molar refractivity (Wildman–Crippen MR) is 52.6 cm³/mol. The molecule has 0 aliphatic heterocycles. The van der Waals surface area contributed by atoms with Crippen LogP contribution in [0.5, 0.6) is 5.75 Å². The molecule has 4 nitrogen and oxygen atoms in total. The van der Waals surface area contributed by atoms with Crippen LogP contribution in [0.25, 0.3) is 10.2 Å². The maximum atomic E-state index is 11.1. The quantitative estimate of drug-likeness (QED) is 0.727. The van der Waals surface area contributed by atoms with Crippen molar-refractivity contribution in [1.29, 1.82) is 0 Å². The Morgan fingerprint density at radius 3 is 3.07 bits per heavy atom. The largest absolute Gasteiger partial charge is 0.508 e. The molecule has 1 aromatic carbocycles. The molecule has 0 bridgehead atoms. The van der Waals surface area contributed by atoms with Crippen molar-refractivity contribution in [2.75, 3.05) is 7.11 Å². The van der Waals surface area contributed by atoms with Gasteiger partial charge in [0.25, 0.3) is 0 Å². The van der Waals surface area contributed by atoms with Crippen molar-refractivity contribution in [3.05, 3.63) is 23.2 Å². The molecule has 0 amide bonds. The summed E-state index contributed by atoms with van der Waals surface area (Å²) in [6.45, 7) is 0. The molecule has 1 N–H and O–H groups in total. The average Bonchev–Trinajstić information content (AvgIpc) is 2.59. The molecule has 2 aromatic rings. The van der Waals surface area contributed by atoms with Crippen LogP contribution < -0.4 is 0 Å². The number of rotatable bonds is 1. The third kappa shape index (κ3) is 1.42. The number of phenolic OH excluding ortho intramolecular Hbond substituents is 1. The first-order valence-electron chi connectivity index (χ1n) is 3.88. The normalized spacial score (nSPS) is 10.4. The van der Waals surface area contributed by atoms with Gasteiger partial charge in [-0.1, -0.05) is 0 Å². The van der Waals surface area contributed by atoms with E-state index in [0.29, 0.717) is 10.5 Å². The fourth-order valence-electron chi connectivity index (χ4n) is 1.09. The Morgan fingerprint density at radius 2 is 2.36 bits per heavy atom. The van der Waals surface area contributed by atoms with E-state index >= 15 is 0 Å². The average molecular weight is 209 g/mol. The van der Waals surface area contributed by atoms with E-state index in [1.54, 1.807) is 12.1 Å². The van der Waals surface area contributed by atoms with Gasteiger partial charge in [-0.05, 0) is 18.2 Å². The van der Waals surface area contributed by atoms with E-state index in [1.165, 1.54) is 24.5 Å².